The molecule has 0 spiro atoms. The molecule has 1 aliphatic rings. The lowest BCUT2D eigenvalue weighted by Crippen LogP contribution is -2.38. The minimum atomic E-state index is -0.153. The van der Waals surface area contributed by atoms with Crippen molar-refractivity contribution >= 4 is 28.8 Å². The Balaban J connectivity index is 1.34. The van der Waals surface area contributed by atoms with Crippen LogP contribution >= 0.6 is 22.9 Å². The maximum absolute atomic E-state index is 12.9. The first kappa shape index (κ1) is 20.1. The van der Waals surface area contributed by atoms with Crippen LogP contribution in [0.2, 0.25) is 5.02 Å². The summed E-state index contributed by atoms with van der Waals surface area (Å²) in [5, 5.41) is 9.84. The number of carbonyl (C=O) groups is 1. The van der Waals surface area contributed by atoms with E-state index in [2.05, 4.69) is 32.9 Å². The molecular formula is C22H24ClN3O2S. The Labute approximate surface area is 179 Å². The van der Waals surface area contributed by atoms with E-state index in [1.165, 1.54) is 4.88 Å². The molecule has 152 valence electrons. The van der Waals surface area contributed by atoms with Crippen LogP contribution < -0.4 is 5.32 Å². The summed E-state index contributed by atoms with van der Waals surface area (Å²) >= 11 is 8.10. The normalized spacial score (nSPS) is 15.5. The van der Waals surface area contributed by atoms with Crippen molar-refractivity contribution in [1.82, 2.24) is 15.4 Å². The van der Waals surface area contributed by atoms with E-state index >= 15 is 0 Å². The number of aryl methyl sites for hydroxylation is 1. The number of piperidine rings is 1. The molecule has 1 aliphatic heterocycles. The number of thiophene rings is 1. The number of benzene rings is 1. The standard InChI is InChI=1S/C22H24ClN3O2S/c1-15-20(21(25-28-15)18-6-2-3-7-19(18)23)22(27)24-13-16-8-10-26(11-9-16)14-17-5-4-12-29-17/h2-7,12,16H,8-11,13-14H2,1H3,(H,24,27). The highest BCUT2D eigenvalue weighted by molar-refractivity contribution is 7.09. The lowest BCUT2D eigenvalue weighted by molar-refractivity contribution is 0.0934. The Kier molecular flexibility index (Phi) is 6.33. The zero-order valence-electron chi connectivity index (χ0n) is 16.4. The molecule has 1 saturated heterocycles. The van der Waals surface area contributed by atoms with Gasteiger partial charge in [0.1, 0.15) is 17.0 Å². The number of nitrogens with zero attached hydrogens (tertiary/aromatic N) is 2. The highest BCUT2D eigenvalue weighted by atomic mass is 35.5. The van der Waals surface area contributed by atoms with Crippen LogP contribution in [0.25, 0.3) is 11.3 Å². The fourth-order valence-corrected chi connectivity index (χ4v) is 4.75. The fourth-order valence-electron chi connectivity index (χ4n) is 3.77. The monoisotopic (exact) mass is 429 g/mol. The van der Waals surface area contributed by atoms with Crippen molar-refractivity contribution in [2.75, 3.05) is 19.6 Å². The quantitative estimate of drug-likeness (QED) is 0.598. The zero-order chi connectivity index (χ0) is 20.2. The van der Waals surface area contributed by atoms with E-state index < -0.39 is 0 Å². The van der Waals surface area contributed by atoms with Crippen LogP contribution in [-0.4, -0.2) is 35.6 Å². The summed E-state index contributed by atoms with van der Waals surface area (Å²) in [6.45, 7) is 5.58. The maximum atomic E-state index is 12.9. The summed E-state index contributed by atoms with van der Waals surface area (Å²) in [4.78, 5) is 16.8. The van der Waals surface area contributed by atoms with Gasteiger partial charge in [-0.2, -0.15) is 0 Å². The molecule has 1 amide bonds. The summed E-state index contributed by atoms with van der Waals surface area (Å²) in [5.41, 5.74) is 1.67. The van der Waals surface area contributed by atoms with Gasteiger partial charge in [-0.3, -0.25) is 9.69 Å². The number of amides is 1. The Hall–Kier alpha value is -2.15. The third kappa shape index (κ3) is 4.71. The van der Waals surface area contributed by atoms with Crippen molar-refractivity contribution in [2.24, 2.45) is 5.92 Å². The van der Waals surface area contributed by atoms with Gasteiger partial charge >= 0.3 is 0 Å². The molecule has 0 saturated carbocycles. The number of hydrogen-bond donors (Lipinski definition) is 1. The molecule has 5 nitrogen and oxygen atoms in total. The van der Waals surface area contributed by atoms with Gasteiger partial charge in [-0.25, -0.2) is 0 Å². The lowest BCUT2D eigenvalue weighted by atomic mass is 9.96. The van der Waals surface area contributed by atoms with Crippen LogP contribution in [0, 0.1) is 12.8 Å². The average molecular weight is 430 g/mol. The highest BCUT2D eigenvalue weighted by Gasteiger charge is 2.25. The Morgan fingerprint density at radius 2 is 2.07 bits per heavy atom. The van der Waals surface area contributed by atoms with Gasteiger partial charge in [-0.15, -0.1) is 11.3 Å². The maximum Gasteiger partial charge on any atom is 0.257 e. The number of aromatic nitrogens is 1. The minimum Gasteiger partial charge on any atom is -0.360 e. The van der Waals surface area contributed by atoms with Crippen LogP contribution in [0.15, 0.2) is 46.3 Å². The van der Waals surface area contributed by atoms with Gasteiger partial charge in [0.25, 0.3) is 5.91 Å². The van der Waals surface area contributed by atoms with Gasteiger partial charge in [-0.1, -0.05) is 41.0 Å². The van der Waals surface area contributed by atoms with Gasteiger partial charge in [-0.05, 0) is 56.3 Å². The molecule has 0 radical (unpaired) electrons. The number of rotatable bonds is 6. The van der Waals surface area contributed by atoms with E-state index in [-0.39, 0.29) is 5.91 Å². The van der Waals surface area contributed by atoms with Gasteiger partial charge in [0.2, 0.25) is 0 Å². The van der Waals surface area contributed by atoms with Crippen LogP contribution in [0.3, 0.4) is 0 Å². The van der Waals surface area contributed by atoms with Crippen molar-refractivity contribution in [1.29, 1.82) is 0 Å². The predicted octanol–water partition coefficient (Wildman–Crippen LogP) is 5.01. The second-order valence-corrected chi connectivity index (χ2v) is 8.89. The van der Waals surface area contributed by atoms with E-state index in [0.717, 1.165) is 32.5 Å². The molecule has 1 N–H and O–H groups in total. The van der Waals surface area contributed by atoms with E-state index in [0.29, 0.717) is 40.1 Å². The third-order valence-electron chi connectivity index (χ3n) is 5.44. The predicted molar refractivity (Wildman–Crippen MR) is 116 cm³/mol. The van der Waals surface area contributed by atoms with E-state index in [1.807, 2.05) is 29.5 Å². The van der Waals surface area contributed by atoms with Gasteiger partial charge in [0.15, 0.2) is 0 Å². The van der Waals surface area contributed by atoms with Gasteiger partial charge in [0.05, 0.1) is 5.02 Å². The summed E-state index contributed by atoms with van der Waals surface area (Å²) in [7, 11) is 0. The van der Waals surface area contributed by atoms with Crippen molar-refractivity contribution in [2.45, 2.75) is 26.3 Å². The van der Waals surface area contributed by atoms with Gasteiger partial charge in [0, 0.05) is 23.5 Å². The first-order valence-corrected chi connectivity index (χ1v) is 11.1. The second-order valence-electron chi connectivity index (χ2n) is 7.45. The van der Waals surface area contributed by atoms with Crippen LogP contribution in [0.1, 0.15) is 33.8 Å². The first-order valence-electron chi connectivity index (χ1n) is 9.86. The topological polar surface area (TPSA) is 58.4 Å². The molecule has 3 heterocycles. The number of nitrogens with one attached hydrogen (secondary N) is 1. The largest absolute Gasteiger partial charge is 0.360 e. The third-order valence-corrected chi connectivity index (χ3v) is 6.63. The average Bonchev–Trinajstić information content (AvgIpc) is 3.37. The number of carbonyl (C=O) groups excluding carboxylic acids is 1. The Morgan fingerprint density at radius 1 is 1.28 bits per heavy atom. The van der Waals surface area contributed by atoms with E-state index in [4.69, 9.17) is 16.1 Å². The molecule has 4 rings (SSSR count). The molecular weight excluding hydrogens is 406 g/mol. The smallest absolute Gasteiger partial charge is 0.257 e. The molecule has 29 heavy (non-hydrogen) atoms. The summed E-state index contributed by atoms with van der Waals surface area (Å²) in [6.07, 6.45) is 2.18. The molecule has 0 atom stereocenters. The van der Waals surface area contributed by atoms with Crippen LogP contribution in [0.4, 0.5) is 0 Å². The summed E-state index contributed by atoms with van der Waals surface area (Å²) in [5.74, 6) is 0.838. The molecule has 1 fully saturated rings. The highest BCUT2D eigenvalue weighted by Crippen LogP contribution is 2.31. The van der Waals surface area contributed by atoms with Crippen molar-refractivity contribution in [3.05, 3.63) is 63.0 Å². The Morgan fingerprint density at radius 3 is 2.79 bits per heavy atom. The number of hydrogen-bond acceptors (Lipinski definition) is 5. The van der Waals surface area contributed by atoms with Crippen LogP contribution in [-0.2, 0) is 6.54 Å². The number of halogens is 1. The SMILES string of the molecule is Cc1onc(-c2ccccc2Cl)c1C(=O)NCC1CCN(Cc2cccs2)CC1. The van der Waals surface area contributed by atoms with Crippen molar-refractivity contribution in [3.8, 4) is 11.3 Å². The molecule has 2 aromatic heterocycles. The van der Waals surface area contributed by atoms with Crippen molar-refractivity contribution < 1.29 is 9.32 Å². The van der Waals surface area contributed by atoms with Crippen LogP contribution in [0.5, 0.6) is 0 Å². The summed E-state index contributed by atoms with van der Waals surface area (Å²) in [6, 6.07) is 11.6. The molecule has 3 aromatic rings. The number of likely N-dealkylation sites (tertiary alicyclic amines) is 1. The van der Waals surface area contributed by atoms with E-state index in [1.54, 1.807) is 13.0 Å². The summed E-state index contributed by atoms with van der Waals surface area (Å²) < 4.78 is 5.31. The molecule has 0 unspecified atom stereocenters. The lowest BCUT2D eigenvalue weighted by Gasteiger charge is -2.31. The van der Waals surface area contributed by atoms with Gasteiger partial charge < -0.3 is 9.84 Å². The fraction of sp³-hybridized carbons (Fsp3) is 0.364. The zero-order valence-corrected chi connectivity index (χ0v) is 17.9. The first-order chi connectivity index (χ1) is 14.1. The molecule has 1 aromatic carbocycles. The second kappa shape index (κ2) is 9.11. The molecule has 0 bridgehead atoms. The van der Waals surface area contributed by atoms with E-state index in [9.17, 15) is 4.79 Å². The molecule has 7 heteroatoms. The minimum absolute atomic E-state index is 0.153. The molecule has 0 aliphatic carbocycles. The van der Waals surface area contributed by atoms with Crippen molar-refractivity contribution in [3.63, 3.8) is 0 Å². The Bertz CT molecular complexity index is 962.